The van der Waals surface area contributed by atoms with Gasteiger partial charge in [-0.15, -0.1) is 17.5 Å². The van der Waals surface area contributed by atoms with E-state index in [1.165, 1.54) is 30.4 Å². The van der Waals surface area contributed by atoms with Gasteiger partial charge in [0, 0.05) is 32.2 Å². The summed E-state index contributed by atoms with van der Waals surface area (Å²) in [6.07, 6.45) is 7.27. The van der Waals surface area contributed by atoms with Crippen LogP contribution in [-0.2, 0) is 15.7 Å². The van der Waals surface area contributed by atoms with E-state index in [1.807, 2.05) is 19.1 Å². The maximum absolute atomic E-state index is 13.0. The van der Waals surface area contributed by atoms with Crippen LogP contribution in [0, 0.1) is 6.92 Å². The highest BCUT2D eigenvalue weighted by Crippen LogP contribution is 2.29. The summed E-state index contributed by atoms with van der Waals surface area (Å²) in [5.41, 5.74) is 1.03. The predicted molar refractivity (Wildman–Crippen MR) is 126 cm³/mol. The zero-order valence-electron chi connectivity index (χ0n) is 19.1. The van der Waals surface area contributed by atoms with Crippen molar-refractivity contribution in [2.45, 2.75) is 75.2 Å². The van der Waals surface area contributed by atoms with Crippen LogP contribution in [0.25, 0.3) is 0 Å². The molecule has 2 heterocycles. The zero-order chi connectivity index (χ0) is 21.8. The molecule has 0 amide bonds. The monoisotopic (exact) mass is 482 g/mol. The Kier molecular flexibility index (Phi) is 8.66. The smallest absolute Gasteiger partial charge is 0.198 e. The number of benzene rings is 1. The first-order valence-electron chi connectivity index (χ1n) is 11.5. The summed E-state index contributed by atoms with van der Waals surface area (Å²) in [7, 11) is -3.53. The van der Waals surface area contributed by atoms with Gasteiger partial charge in [-0.1, -0.05) is 43.9 Å². The average molecular weight is 483 g/mol. The van der Waals surface area contributed by atoms with Crippen LogP contribution in [-0.4, -0.2) is 70.6 Å². The molecule has 1 atom stereocenters. The second-order valence-corrected chi connectivity index (χ2v) is 10.9. The lowest BCUT2D eigenvalue weighted by Crippen LogP contribution is -2.50. The lowest BCUT2D eigenvalue weighted by molar-refractivity contribution is 0.0629. The molecule has 32 heavy (non-hydrogen) atoms. The number of tetrazole rings is 1. The van der Waals surface area contributed by atoms with E-state index in [2.05, 4.69) is 32.2 Å². The Bertz CT molecular complexity index is 951. The number of hydrogen-bond acceptors (Lipinski definition) is 7. The fraction of sp³-hybridized carbons (Fsp3) is 0.682. The van der Waals surface area contributed by atoms with Gasteiger partial charge in [0.2, 0.25) is 0 Å². The molecule has 2 fully saturated rings. The highest BCUT2D eigenvalue weighted by atomic mass is 35.5. The lowest BCUT2D eigenvalue weighted by Gasteiger charge is -2.41. The Hall–Kier alpha value is -1.55. The standard InChI is InChI=1S/C22H34N6O2S.ClH/c1-3-6-21(27-15-13-26(14-16-27)19-7-4-5-8-19)22-23-24-25-28(22)17-31(29,30)20-11-9-18(2)10-12-20;/h9-12,19,21H,3-8,13-17H2,1-2H3;1H. The molecule has 0 N–H and O–H groups in total. The molecule has 1 unspecified atom stereocenters. The molecule has 8 nitrogen and oxygen atoms in total. The van der Waals surface area contributed by atoms with E-state index in [4.69, 9.17) is 0 Å². The van der Waals surface area contributed by atoms with Crippen LogP contribution >= 0.6 is 12.4 Å². The first-order valence-corrected chi connectivity index (χ1v) is 13.2. The van der Waals surface area contributed by atoms with E-state index in [-0.39, 0.29) is 24.3 Å². The van der Waals surface area contributed by atoms with E-state index in [0.717, 1.165) is 50.6 Å². The van der Waals surface area contributed by atoms with Gasteiger partial charge in [0.1, 0.15) is 0 Å². The van der Waals surface area contributed by atoms with Gasteiger partial charge in [-0.05, 0) is 48.7 Å². The average Bonchev–Trinajstić information content (AvgIpc) is 3.45. The van der Waals surface area contributed by atoms with E-state index in [1.54, 1.807) is 12.1 Å². The minimum atomic E-state index is -3.53. The van der Waals surface area contributed by atoms with Crippen molar-refractivity contribution in [2.75, 3.05) is 26.2 Å². The molecular weight excluding hydrogens is 448 g/mol. The number of rotatable bonds is 8. The van der Waals surface area contributed by atoms with Crippen LogP contribution in [0.2, 0.25) is 0 Å². The van der Waals surface area contributed by atoms with Crippen molar-refractivity contribution in [2.24, 2.45) is 0 Å². The molecule has 1 aromatic heterocycles. The Morgan fingerprint density at radius 2 is 1.72 bits per heavy atom. The van der Waals surface area contributed by atoms with Crippen LogP contribution in [0.4, 0.5) is 0 Å². The van der Waals surface area contributed by atoms with Crippen LogP contribution in [0.3, 0.4) is 0 Å². The minimum Gasteiger partial charge on any atom is -0.298 e. The maximum atomic E-state index is 13.0. The summed E-state index contributed by atoms with van der Waals surface area (Å²) in [5, 5.41) is 12.2. The van der Waals surface area contributed by atoms with Gasteiger partial charge in [-0.2, -0.15) is 0 Å². The molecular formula is C22H35ClN6O2S. The first-order chi connectivity index (χ1) is 15.0. The molecule has 0 radical (unpaired) electrons. The number of sulfone groups is 1. The Balaban J connectivity index is 0.00000289. The Morgan fingerprint density at radius 3 is 2.34 bits per heavy atom. The van der Waals surface area contributed by atoms with Gasteiger partial charge in [0.15, 0.2) is 21.5 Å². The third kappa shape index (κ3) is 5.68. The number of hydrogen-bond donors (Lipinski definition) is 0. The molecule has 2 aromatic rings. The minimum absolute atomic E-state index is 0. The van der Waals surface area contributed by atoms with Crippen molar-refractivity contribution in [1.82, 2.24) is 30.0 Å². The summed E-state index contributed by atoms with van der Waals surface area (Å²) in [4.78, 5) is 5.38. The van der Waals surface area contributed by atoms with E-state index < -0.39 is 9.84 Å². The van der Waals surface area contributed by atoms with Crippen molar-refractivity contribution in [1.29, 1.82) is 0 Å². The molecule has 1 aliphatic carbocycles. The molecule has 4 rings (SSSR count). The van der Waals surface area contributed by atoms with Crippen LogP contribution < -0.4 is 0 Å². The number of aryl methyl sites for hydroxylation is 1. The highest BCUT2D eigenvalue weighted by Gasteiger charge is 2.32. The third-order valence-corrected chi connectivity index (χ3v) is 8.30. The van der Waals surface area contributed by atoms with Gasteiger partial charge < -0.3 is 0 Å². The second kappa shape index (κ2) is 11.0. The summed E-state index contributed by atoms with van der Waals surface area (Å²) < 4.78 is 27.4. The molecule has 10 heteroatoms. The summed E-state index contributed by atoms with van der Waals surface area (Å²) in [6, 6.07) is 7.73. The Morgan fingerprint density at radius 1 is 1.06 bits per heavy atom. The molecule has 178 valence electrons. The molecule has 0 bridgehead atoms. The van der Waals surface area contributed by atoms with E-state index in [9.17, 15) is 8.42 Å². The van der Waals surface area contributed by atoms with Crippen LogP contribution in [0.15, 0.2) is 29.2 Å². The quantitative estimate of drug-likeness (QED) is 0.571. The van der Waals surface area contributed by atoms with Crippen LogP contribution in [0.1, 0.15) is 62.9 Å². The van der Waals surface area contributed by atoms with Gasteiger partial charge in [0.25, 0.3) is 0 Å². The predicted octanol–water partition coefficient (Wildman–Crippen LogP) is 3.24. The SMILES string of the molecule is CCCC(c1nnnn1CS(=O)(=O)c1ccc(C)cc1)N1CCN(C2CCCC2)CC1.Cl. The van der Waals surface area contributed by atoms with Crippen molar-refractivity contribution in [3.8, 4) is 0 Å². The lowest BCUT2D eigenvalue weighted by atomic mass is 10.1. The van der Waals surface area contributed by atoms with Gasteiger partial charge >= 0.3 is 0 Å². The van der Waals surface area contributed by atoms with E-state index >= 15 is 0 Å². The highest BCUT2D eigenvalue weighted by molar-refractivity contribution is 7.90. The second-order valence-electron chi connectivity index (χ2n) is 8.91. The summed E-state index contributed by atoms with van der Waals surface area (Å²) in [6.45, 7) is 8.16. The topological polar surface area (TPSA) is 84.2 Å². The zero-order valence-corrected chi connectivity index (χ0v) is 20.7. The van der Waals surface area contributed by atoms with E-state index in [0.29, 0.717) is 10.7 Å². The number of aromatic nitrogens is 4. The normalized spacial score (nSPS) is 19.7. The number of piperazine rings is 1. The van der Waals surface area contributed by atoms with Crippen molar-refractivity contribution in [3.05, 3.63) is 35.7 Å². The summed E-state index contributed by atoms with van der Waals surface area (Å²) in [5.74, 6) is 0.424. The van der Waals surface area contributed by atoms with Crippen molar-refractivity contribution >= 4 is 22.2 Å². The van der Waals surface area contributed by atoms with Crippen molar-refractivity contribution in [3.63, 3.8) is 0 Å². The Labute approximate surface area is 197 Å². The summed E-state index contributed by atoms with van der Waals surface area (Å²) >= 11 is 0. The molecule has 0 spiro atoms. The van der Waals surface area contributed by atoms with Gasteiger partial charge in [0.05, 0.1) is 10.9 Å². The molecule has 1 saturated heterocycles. The largest absolute Gasteiger partial charge is 0.298 e. The maximum Gasteiger partial charge on any atom is 0.198 e. The molecule has 2 aliphatic rings. The van der Waals surface area contributed by atoms with Crippen molar-refractivity contribution < 1.29 is 8.42 Å². The molecule has 1 saturated carbocycles. The number of halogens is 1. The fourth-order valence-electron chi connectivity index (χ4n) is 4.96. The first kappa shape index (κ1) is 25.1. The van der Waals surface area contributed by atoms with Gasteiger partial charge in [-0.25, -0.2) is 13.1 Å². The molecule has 1 aliphatic heterocycles. The molecule has 1 aromatic carbocycles. The van der Waals surface area contributed by atoms with Crippen LogP contribution in [0.5, 0.6) is 0 Å². The van der Waals surface area contributed by atoms with Gasteiger partial charge in [-0.3, -0.25) is 9.80 Å². The fourth-order valence-corrected chi connectivity index (χ4v) is 6.16. The number of nitrogens with zero attached hydrogens (tertiary/aromatic N) is 6. The third-order valence-electron chi connectivity index (χ3n) is 6.72.